The van der Waals surface area contributed by atoms with Gasteiger partial charge in [-0.3, -0.25) is 4.79 Å². The molecule has 6 heteroatoms. The highest BCUT2D eigenvalue weighted by Gasteiger charge is 2.09. The number of hydrogen-bond donors (Lipinski definition) is 2. The number of hydrogen-bond acceptors (Lipinski definition) is 4. The summed E-state index contributed by atoms with van der Waals surface area (Å²) in [6.45, 7) is 1.93. The van der Waals surface area contributed by atoms with E-state index in [2.05, 4.69) is 10.6 Å². The van der Waals surface area contributed by atoms with Gasteiger partial charge in [-0.15, -0.1) is 0 Å². The Morgan fingerprint density at radius 1 is 1.09 bits per heavy atom. The summed E-state index contributed by atoms with van der Waals surface area (Å²) in [5, 5.41) is 5.63. The molecule has 0 aliphatic heterocycles. The van der Waals surface area contributed by atoms with E-state index in [-0.39, 0.29) is 18.2 Å². The lowest BCUT2D eigenvalue weighted by Gasteiger charge is -2.12. The summed E-state index contributed by atoms with van der Waals surface area (Å²) in [4.78, 5) is 12.0. The number of methoxy groups -OCH3 is 2. The Balaban J connectivity index is 1.98. The number of aryl methyl sites for hydroxylation is 1. The Kier molecular flexibility index (Phi) is 5.41. The molecule has 5 nitrogen and oxygen atoms in total. The zero-order chi connectivity index (χ0) is 16.8. The van der Waals surface area contributed by atoms with E-state index in [1.165, 1.54) is 19.2 Å². The number of amides is 1. The Bertz CT molecular complexity index is 704. The SMILES string of the molecule is COc1ccc(NCC(=O)Nc2cc(C)ccc2OC)cc1F. The van der Waals surface area contributed by atoms with Crippen LogP contribution in [0.1, 0.15) is 5.56 Å². The minimum atomic E-state index is -0.488. The van der Waals surface area contributed by atoms with Crippen molar-refractivity contribution >= 4 is 17.3 Å². The van der Waals surface area contributed by atoms with E-state index in [4.69, 9.17) is 9.47 Å². The van der Waals surface area contributed by atoms with Gasteiger partial charge in [-0.05, 0) is 36.8 Å². The van der Waals surface area contributed by atoms with Crippen LogP contribution in [-0.2, 0) is 4.79 Å². The second-order valence-corrected chi connectivity index (χ2v) is 4.95. The van der Waals surface area contributed by atoms with Gasteiger partial charge in [0.1, 0.15) is 5.75 Å². The first-order chi connectivity index (χ1) is 11.0. The number of rotatable bonds is 6. The molecule has 2 rings (SSSR count). The van der Waals surface area contributed by atoms with Crippen LogP contribution in [0, 0.1) is 12.7 Å². The summed E-state index contributed by atoms with van der Waals surface area (Å²) in [5.41, 5.74) is 2.10. The summed E-state index contributed by atoms with van der Waals surface area (Å²) in [5.74, 6) is -0.00710. The maximum atomic E-state index is 13.6. The fourth-order valence-electron chi connectivity index (χ4n) is 2.07. The Morgan fingerprint density at radius 3 is 2.43 bits per heavy atom. The molecule has 23 heavy (non-hydrogen) atoms. The van der Waals surface area contributed by atoms with Crippen LogP contribution >= 0.6 is 0 Å². The molecule has 0 aromatic heterocycles. The first-order valence-corrected chi connectivity index (χ1v) is 7.05. The summed E-state index contributed by atoms with van der Waals surface area (Å²) in [6.07, 6.45) is 0. The van der Waals surface area contributed by atoms with Crippen molar-refractivity contribution in [2.75, 3.05) is 31.4 Å². The Labute approximate surface area is 134 Å². The lowest BCUT2D eigenvalue weighted by atomic mass is 10.2. The molecule has 0 fully saturated rings. The summed E-state index contributed by atoms with van der Waals surface area (Å²) < 4.78 is 23.6. The van der Waals surface area contributed by atoms with E-state index in [0.29, 0.717) is 17.1 Å². The van der Waals surface area contributed by atoms with Crippen molar-refractivity contribution in [2.24, 2.45) is 0 Å². The average molecular weight is 318 g/mol. The second-order valence-electron chi connectivity index (χ2n) is 4.95. The number of halogens is 1. The molecule has 0 bridgehead atoms. The van der Waals surface area contributed by atoms with Crippen LogP contribution in [0.15, 0.2) is 36.4 Å². The van der Waals surface area contributed by atoms with E-state index < -0.39 is 5.82 Å². The van der Waals surface area contributed by atoms with Gasteiger partial charge in [0.2, 0.25) is 5.91 Å². The number of ether oxygens (including phenoxy) is 2. The quantitative estimate of drug-likeness (QED) is 0.859. The van der Waals surface area contributed by atoms with E-state index in [1.807, 2.05) is 19.1 Å². The monoisotopic (exact) mass is 318 g/mol. The molecule has 0 radical (unpaired) electrons. The molecule has 122 valence electrons. The van der Waals surface area contributed by atoms with E-state index in [1.54, 1.807) is 19.2 Å². The van der Waals surface area contributed by atoms with Crippen LogP contribution in [0.2, 0.25) is 0 Å². The first kappa shape index (κ1) is 16.6. The third-order valence-corrected chi connectivity index (χ3v) is 3.23. The van der Waals surface area contributed by atoms with Crippen molar-refractivity contribution in [1.82, 2.24) is 0 Å². The number of anilines is 2. The van der Waals surface area contributed by atoms with Gasteiger partial charge in [-0.2, -0.15) is 0 Å². The predicted octanol–water partition coefficient (Wildman–Crippen LogP) is 3.20. The molecule has 0 spiro atoms. The molecule has 0 unspecified atom stereocenters. The van der Waals surface area contributed by atoms with Crippen LogP contribution in [0.3, 0.4) is 0 Å². The highest BCUT2D eigenvalue weighted by atomic mass is 19.1. The average Bonchev–Trinajstić information content (AvgIpc) is 2.53. The molecule has 0 heterocycles. The predicted molar refractivity (Wildman–Crippen MR) is 87.8 cm³/mol. The maximum absolute atomic E-state index is 13.6. The van der Waals surface area contributed by atoms with E-state index in [0.717, 1.165) is 5.56 Å². The van der Waals surface area contributed by atoms with E-state index >= 15 is 0 Å². The van der Waals surface area contributed by atoms with Gasteiger partial charge < -0.3 is 20.1 Å². The molecule has 0 atom stereocenters. The van der Waals surface area contributed by atoms with Crippen molar-refractivity contribution in [3.05, 3.63) is 47.8 Å². The lowest BCUT2D eigenvalue weighted by Crippen LogP contribution is -2.22. The van der Waals surface area contributed by atoms with Gasteiger partial charge in [0.05, 0.1) is 26.5 Å². The molecule has 0 saturated carbocycles. The number of nitrogens with one attached hydrogen (secondary N) is 2. The Morgan fingerprint density at radius 2 is 1.78 bits per heavy atom. The summed E-state index contributed by atoms with van der Waals surface area (Å²) in [6, 6.07) is 9.93. The molecule has 1 amide bonds. The number of carbonyl (C=O) groups excluding carboxylic acids is 1. The molecule has 0 aliphatic carbocycles. The van der Waals surface area contributed by atoms with Gasteiger partial charge in [0, 0.05) is 11.8 Å². The fourth-order valence-corrected chi connectivity index (χ4v) is 2.07. The van der Waals surface area contributed by atoms with Gasteiger partial charge >= 0.3 is 0 Å². The number of benzene rings is 2. The number of carbonyl (C=O) groups is 1. The van der Waals surface area contributed by atoms with Gasteiger partial charge in [0.15, 0.2) is 11.6 Å². The van der Waals surface area contributed by atoms with Crippen LogP contribution in [0.25, 0.3) is 0 Å². The topological polar surface area (TPSA) is 59.6 Å². The minimum Gasteiger partial charge on any atom is -0.495 e. The molecule has 2 aromatic carbocycles. The van der Waals surface area contributed by atoms with Crippen LogP contribution in [0.5, 0.6) is 11.5 Å². The smallest absolute Gasteiger partial charge is 0.243 e. The van der Waals surface area contributed by atoms with Gasteiger partial charge in [0.25, 0.3) is 0 Å². The van der Waals surface area contributed by atoms with Gasteiger partial charge in [-0.1, -0.05) is 6.07 Å². The summed E-state index contributed by atoms with van der Waals surface area (Å²) in [7, 11) is 2.94. The lowest BCUT2D eigenvalue weighted by molar-refractivity contribution is -0.114. The van der Waals surface area contributed by atoms with Crippen LogP contribution in [0.4, 0.5) is 15.8 Å². The highest BCUT2D eigenvalue weighted by molar-refractivity contribution is 5.95. The van der Waals surface area contributed by atoms with E-state index in [9.17, 15) is 9.18 Å². The molecular weight excluding hydrogens is 299 g/mol. The summed E-state index contributed by atoms with van der Waals surface area (Å²) >= 11 is 0. The first-order valence-electron chi connectivity index (χ1n) is 7.05. The third-order valence-electron chi connectivity index (χ3n) is 3.23. The molecule has 2 N–H and O–H groups in total. The van der Waals surface area contributed by atoms with Crippen molar-refractivity contribution in [1.29, 1.82) is 0 Å². The van der Waals surface area contributed by atoms with Crippen LogP contribution in [-0.4, -0.2) is 26.7 Å². The molecule has 2 aromatic rings. The zero-order valence-corrected chi connectivity index (χ0v) is 13.3. The standard InChI is InChI=1S/C17H19FN2O3/c1-11-4-6-16(23-3)14(8-11)20-17(21)10-19-12-5-7-15(22-2)13(18)9-12/h4-9,19H,10H2,1-3H3,(H,20,21). The fraction of sp³-hybridized carbons (Fsp3) is 0.235. The maximum Gasteiger partial charge on any atom is 0.243 e. The highest BCUT2D eigenvalue weighted by Crippen LogP contribution is 2.25. The molecular formula is C17H19FN2O3. The second kappa shape index (κ2) is 7.49. The van der Waals surface area contributed by atoms with Crippen molar-refractivity contribution in [3.8, 4) is 11.5 Å². The van der Waals surface area contributed by atoms with Gasteiger partial charge in [-0.25, -0.2) is 4.39 Å². The minimum absolute atomic E-state index is 0.00284. The third kappa shape index (κ3) is 4.35. The molecule has 0 aliphatic rings. The van der Waals surface area contributed by atoms with Crippen molar-refractivity contribution in [3.63, 3.8) is 0 Å². The normalized spacial score (nSPS) is 10.1. The van der Waals surface area contributed by atoms with Crippen molar-refractivity contribution < 1.29 is 18.7 Å². The Hall–Kier alpha value is -2.76. The molecule has 0 saturated heterocycles. The zero-order valence-electron chi connectivity index (χ0n) is 13.3. The van der Waals surface area contributed by atoms with Crippen LogP contribution < -0.4 is 20.1 Å². The largest absolute Gasteiger partial charge is 0.495 e. The van der Waals surface area contributed by atoms with Crippen molar-refractivity contribution in [2.45, 2.75) is 6.92 Å².